The fraction of sp³-hybridized carbons (Fsp3) is 0.667. The molecule has 1 aromatic heterocycles. The summed E-state index contributed by atoms with van der Waals surface area (Å²) < 4.78 is 0. The number of aliphatic hydroxyl groups is 1. The maximum absolute atomic E-state index is 10.8. The van der Waals surface area contributed by atoms with Gasteiger partial charge < -0.3 is 10.0 Å². The minimum Gasteiger partial charge on any atom is -0.390 e. The van der Waals surface area contributed by atoms with Crippen LogP contribution in [-0.2, 0) is 0 Å². The number of hydrogen-bond acceptors (Lipinski definition) is 4. The van der Waals surface area contributed by atoms with Crippen LogP contribution in [0.4, 0.5) is 5.82 Å². The zero-order valence-electron chi connectivity index (χ0n) is 13.5. The molecule has 2 aliphatic rings. The van der Waals surface area contributed by atoms with E-state index in [1.165, 1.54) is 6.42 Å². The summed E-state index contributed by atoms with van der Waals surface area (Å²) in [5.74, 6) is 1.20. The van der Waals surface area contributed by atoms with Gasteiger partial charge in [0.15, 0.2) is 0 Å². The second kappa shape index (κ2) is 5.89. The molecule has 0 bridgehead atoms. The number of hydrogen-bond donors (Lipinski definition) is 1. The molecule has 3 rings (SSSR count). The van der Waals surface area contributed by atoms with E-state index in [9.17, 15) is 10.4 Å². The Morgan fingerprint density at radius 1 is 1.32 bits per heavy atom. The van der Waals surface area contributed by atoms with E-state index in [4.69, 9.17) is 0 Å². The topological polar surface area (TPSA) is 60.1 Å². The van der Waals surface area contributed by atoms with E-state index in [0.29, 0.717) is 17.7 Å². The monoisotopic (exact) mass is 299 g/mol. The summed E-state index contributed by atoms with van der Waals surface area (Å²) in [6.07, 6.45) is 6.55. The molecule has 0 spiro atoms. The Kier molecular flexibility index (Phi) is 4.10. The first-order chi connectivity index (χ1) is 10.5. The highest BCUT2D eigenvalue weighted by atomic mass is 16.3. The number of aromatic nitrogens is 1. The Morgan fingerprint density at radius 2 is 2.14 bits per heavy atom. The van der Waals surface area contributed by atoms with Gasteiger partial charge in [0.1, 0.15) is 17.6 Å². The van der Waals surface area contributed by atoms with Crippen LogP contribution in [0.2, 0.25) is 0 Å². The van der Waals surface area contributed by atoms with Crippen LogP contribution >= 0.6 is 0 Å². The third-order valence-corrected chi connectivity index (χ3v) is 5.49. The van der Waals surface area contributed by atoms with Gasteiger partial charge in [-0.25, -0.2) is 4.98 Å². The highest BCUT2D eigenvalue weighted by Gasteiger charge is 2.43. The molecule has 1 saturated heterocycles. The maximum atomic E-state index is 10.8. The third kappa shape index (κ3) is 2.70. The molecule has 0 amide bonds. The molecule has 2 fully saturated rings. The smallest absolute Gasteiger partial charge is 0.145 e. The summed E-state index contributed by atoms with van der Waals surface area (Å²) >= 11 is 0. The number of pyridine rings is 1. The molecule has 118 valence electrons. The van der Waals surface area contributed by atoms with Gasteiger partial charge in [-0.05, 0) is 51.2 Å². The molecule has 4 nitrogen and oxygen atoms in total. The van der Waals surface area contributed by atoms with E-state index in [0.717, 1.165) is 50.0 Å². The summed E-state index contributed by atoms with van der Waals surface area (Å²) in [7, 11) is 0. The lowest BCUT2D eigenvalue weighted by atomic mass is 9.72. The quantitative estimate of drug-likeness (QED) is 0.911. The zero-order chi connectivity index (χ0) is 15.7. The molecule has 4 heteroatoms. The minimum atomic E-state index is -0.575. The largest absolute Gasteiger partial charge is 0.390 e. The molecule has 0 radical (unpaired) electrons. The van der Waals surface area contributed by atoms with Gasteiger partial charge in [-0.1, -0.05) is 18.9 Å². The Hall–Kier alpha value is -1.60. The molecule has 1 N–H and O–H groups in total. The summed E-state index contributed by atoms with van der Waals surface area (Å²) in [5, 5.41) is 20.0. The Balaban J connectivity index is 1.89. The van der Waals surface area contributed by atoms with Crippen molar-refractivity contribution in [1.82, 2.24) is 4.98 Å². The van der Waals surface area contributed by atoms with E-state index >= 15 is 0 Å². The predicted octanol–water partition coefficient (Wildman–Crippen LogP) is 3.17. The molecule has 0 aromatic carbocycles. The lowest BCUT2D eigenvalue weighted by Crippen LogP contribution is -2.49. The SMILES string of the molecule is Cc1ccc(N2CCC[C@@H]2[C@@H]2CCCC[C@]2(C)O)nc1C#N. The number of anilines is 1. The van der Waals surface area contributed by atoms with Gasteiger partial charge in [0.05, 0.1) is 5.60 Å². The zero-order valence-corrected chi connectivity index (χ0v) is 13.5. The minimum absolute atomic E-state index is 0.303. The summed E-state index contributed by atoms with van der Waals surface area (Å²) in [6.45, 7) is 4.89. The van der Waals surface area contributed by atoms with Crippen molar-refractivity contribution in [1.29, 1.82) is 5.26 Å². The standard InChI is InChI=1S/C18H25N3O/c1-13-8-9-17(20-15(13)12-19)21-11-5-7-16(21)14-6-3-4-10-18(14,2)22/h8-9,14,16,22H,3-7,10-11H2,1-2H3/t14-,16+,18-/m0/s1. The molecule has 22 heavy (non-hydrogen) atoms. The first-order valence-electron chi connectivity index (χ1n) is 8.40. The summed E-state index contributed by atoms with van der Waals surface area (Å²) in [5.41, 5.74) is 0.860. The first-order valence-corrected chi connectivity index (χ1v) is 8.40. The molecule has 1 aromatic rings. The van der Waals surface area contributed by atoms with Crippen molar-refractivity contribution < 1.29 is 5.11 Å². The average molecular weight is 299 g/mol. The van der Waals surface area contributed by atoms with Crippen molar-refractivity contribution in [2.75, 3.05) is 11.4 Å². The fourth-order valence-corrected chi connectivity index (χ4v) is 4.24. The van der Waals surface area contributed by atoms with Gasteiger partial charge in [-0.2, -0.15) is 5.26 Å². The van der Waals surface area contributed by atoms with Gasteiger partial charge in [0, 0.05) is 18.5 Å². The third-order valence-electron chi connectivity index (χ3n) is 5.49. The Bertz CT molecular complexity index is 590. The van der Waals surface area contributed by atoms with E-state index in [1.54, 1.807) is 0 Å². The van der Waals surface area contributed by atoms with Gasteiger partial charge in [0.2, 0.25) is 0 Å². The predicted molar refractivity (Wildman–Crippen MR) is 86.6 cm³/mol. The Labute approximate surface area is 132 Å². The van der Waals surface area contributed by atoms with Gasteiger partial charge >= 0.3 is 0 Å². The Morgan fingerprint density at radius 3 is 2.86 bits per heavy atom. The highest BCUT2D eigenvalue weighted by Crippen LogP contribution is 2.41. The van der Waals surface area contributed by atoms with Gasteiger partial charge in [0.25, 0.3) is 0 Å². The van der Waals surface area contributed by atoms with Crippen LogP contribution < -0.4 is 4.90 Å². The first kappa shape index (κ1) is 15.3. The van der Waals surface area contributed by atoms with Gasteiger partial charge in [-0.3, -0.25) is 0 Å². The van der Waals surface area contributed by atoms with Crippen molar-refractivity contribution in [2.45, 2.75) is 64.0 Å². The molecule has 1 aliphatic heterocycles. The second-order valence-electron chi connectivity index (χ2n) is 7.06. The van der Waals surface area contributed by atoms with Crippen molar-refractivity contribution >= 4 is 5.82 Å². The number of rotatable bonds is 2. The molecule has 2 heterocycles. The fourth-order valence-electron chi connectivity index (χ4n) is 4.24. The molecule has 0 unspecified atom stereocenters. The van der Waals surface area contributed by atoms with Crippen LogP contribution in [0.1, 0.15) is 56.7 Å². The van der Waals surface area contributed by atoms with E-state index < -0.39 is 5.60 Å². The summed E-state index contributed by atoms with van der Waals surface area (Å²) in [4.78, 5) is 6.87. The lowest BCUT2D eigenvalue weighted by Gasteiger charge is -2.43. The molecule has 1 saturated carbocycles. The maximum Gasteiger partial charge on any atom is 0.145 e. The van der Waals surface area contributed by atoms with Crippen LogP contribution in [-0.4, -0.2) is 28.3 Å². The molecular weight excluding hydrogens is 274 g/mol. The van der Waals surface area contributed by atoms with Crippen molar-refractivity contribution in [3.8, 4) is 6.07 Å². The average Bonchev–Trinajstić information content (AvgIpc) is 2.96. The lowest BCUT2D eigenvalue weighted by molar-refractivity contribution is -0.0411. The van der Waals surface area contributed by atoms with E-state index in [1.807, 2.05) is 26.0 Å². The number of nitrogens with zero attached hydrogens (tertiary/aromatic N) is 3. The van der Waals surface area contributed by atoms with Crippen molar-refractivity contribution in [3.63, 3.8) is 0 Å². The van der Waals surface area contributed by atoms with E-state index in [-0.39, 0.29) is 0 Å². The number of nitriles is 1. The van der Waals surface area contributed by atoms with Crippen molar-refractivity contribution in [3.05, 3.63) is 23.4 Å². The van der Waals surface area contributed by atoms with Crippen molar-refractivity contribution in [2.24, 2.45) is 5.92 Å². The molecule has 1 aliphatic carbocycles. The normalized spacial score (nSPS) is 32.0. The van der Waals surface area contributed by atoms with Crippen LogP contribution in [0.15, 0.2) is 12.1 Å². The second-order valence-corrected chi connectivity index (χ2v) is 7.06. The van der Waals surface area contributed by atoms with E-state index in [2.05, 4.69) is 16.0 Å². The van der Waals surface area contributed by atoms with Crippen LogP contribution in [0.5, 0.6) is 0 Å². The summed E-state index contributed by atoms with van der Waals surface area (Å²) in [6, 6.07) is 6.53. The van der Waals surface area contributed by atoms with Crippen LogP contribution in [0.3, 0.4) is 0 Å². The van der Waals surface area contributed by atoms with Gasteiger partial charge in [-0.15, -0.1) is 0 Å². The van der Waals surface area contributed by atoms with Crippen LogP contribution in [0.25, 0.3) is 0 Å². The number of aryl methyl sites for hydroxylation is 1. The molecular formula is C18H25N3O. The molecule has 3 atom stereocenters. The highest BCUT2D eigenvalue weighted by molar-refractivity contribution is 5.46. The van der Waals surface area contributed by atoms with Crippen LogP contribution in [0, 0.1) is 24.2 Å².